The van der Waals surface area contributed by atoms with Gasteiger partial charge in [-0.3, -0.25) is 11.3 Å². The molecule has 16 heavy (non-hydrogen) atoms. The predicted molar refractivity (Wildman–Crippen MR) is 70.9 cm³/mol. The average Bonchev–Trinajstić information content (AvgIpc) is 2.21. The van der Waals surface area contributed by atoms with E-state index in [0.717, 1.165) is 16.8 Å². The summed E-state index contributed by atoms with van der Waals surface area (Å²) in [6.07, 6.45) is 5.26. The van der Waals surface area contributed by atoms with Crippen LogP contribution in [0.5, 0.6) is 0 Å². The molecular formula is C13H19BrN2. The van der Waals surface area contributed by atoms with Crippen LogP contribution in [0.3, 0.4) is 0 Å². The van der Waals surface area contributed by atoms with Gasteiger partial charge >= 0.3 is 0 Å². The largest absolute Gasteiger partial charge is 0.271 e. The van der Waals surface area contributed by atoms with Crippen LogP contribution in [0, 0.1) is 12.8 Å². The SMILES string of the molecule is Cc1ccc(Br)c(C(CC2CCC2)NN)c1. The second-order valence-corrected chi connectivity index (χ2v) is 5.63. The minimum absolute atomic E-state index is 0.277. The van der Waals surface area contributed by atoms with E-state index in [1.807, 2.05) is 0 Å². The first-order valence-corrected chi connectivity index (χ1v) is 6.72. The Morgan fingerprint density at radius 2 is 2.25 bits per heavy atom. The summed E-state index contributed by atoms with van der Waals surface area (Å²) in [6.45, 7) is 2.12. The van der Waals surface area contributed by atoms with E-state index in [1.54, 1.807) is 0 Å². The highest BCUT2D eigenvalue weighted by Crippen LogP contribution is 2.36. The molecule has 2 nitrogen and oxygen atoms in total. The minimum atomic E-state index is 0.277. The average molecular weight is 283 g/mol. The Bertz CT molecular complexity index is 361. The Morgan fingerprint density at radius 3 is 2.81 bits per heavy atom. The molecule has 0 radical (unpaired) electrons. The van der Waals surface area contributed by atoms with Crippen LogP contribution in [-0.2, 0) is 0 Å². The van der Waals surface area contributed by atoms with Gasteiger partial charge in [0.05, 0.1) is 0 Å². The molecule has 1 aromatic carbocycles. The maximum atomic E-state index is 5.68. The number of hydrazine groups is 1. The van der Waals surface area contributed by atoms with Crippen molar-refractivity contribution in [1.82, 2.24) is 5.43 Å². The maximum Gasteiger partial charge on any atom is 0.0473 e. The van der Waals surface area contributed by atoms with Crippen LogP contribution in [0.4, 0.5) is 0 Å². The normalized spacial score (nSPS) is 18.2. The lowest BCUT2D eigenvalue weighted by Gasteiger charge is -2.30. The zero-order valence-corrected chi connectivity index (χ0v) is 11.3. The molecule has 0 bridgehead atoms. The standard InChI is InChI=1S/C13H19BrN2/c1-9-5-6-12(14)11(7-9)13(16-15)8-10-3-2-4-10/h5-7,10,13,16H,2-4,8,15H2,1H3. The first-order chi connectivity index (χ1) is 7.70. The number of nitrogens with one attached hydrogen (secondary N) is 1. The summed E-state index contributed by atoms with van der Waals surface area (Å²) in [6, 6.07) is 6.72. The van der Waals surface area contributed by atoms with Crippen LogP contribution >= 0.6 is 15.9 Å². The van der Waals surface area contributed by atoms with Gasteiger partial charge in [-0.05, 0) is 30.9 Å². The van der Waals surface area contributed by atoms with Crippen LogP contribution < -0.4 is 11.3 Å². The highest BCUT2D eigenvalue weighted by atomic mass is 79.9. The molecule has 88 valence electrons. The Balaban J connectivity index is 2.14. The molecular weight excluding hydrogens is 264 g/mol. The summed E-state index contributed by atoms with van der Waals surface area (Å²) in [5, 5.41) is 0. The lowest BCUT2D eigenvalue weighted by atomic mass is 9.79. The zero-order valence-electron chi connectivity index (χ0n) is 9.67. The third-order valence-corrected chi connectivity index (χ3v) is 4.24. The van der Waals surface area contributed by atoms with Gasteiger partial charge in [0, 0.05) is 10.5 Å². The van der Waals surface area contributed by atoms with Crippen molar-refractivity contribution in [3.8, 4) is 0 Å². The molecule has 1 saturated carbocycles. The molecule has 1 aromatic rings. The second-order valence-electron chi connectivity index (χ2n) is 4.78. The van der Waals surface area contributed by atoms with Gasteiger partial charge in [0.25, 0.3) is 0 Å². The minimum Gasteiger partial charge on any atom is -0.271 e. The van der Waals surface area contributed by atoms with Crippen LogP contribution in [0.25, 0.3) is 0 Å². The zero-order chi connectivity index (χ0) is 11.5. The molecule has 3 heteroatoms. The number of halogens is 1. The van der Waals surface area contributed by atoms with Crippen molar-refractivity contribution in [2.75, 3.05) is 0 Å². The molecule has 1 aliphatic rings. The van der Waals surface area contributed by atoms with Gasteiger partial charge in [-0.15, -0.1) is 0 Å². The lowest BCUT2D eigenvalue weighted by Crippen LogP contribution is -2.31. The molecule has 0 aromatic heterocycles. The van der Waals surface area contributed by atoms with E-state index in [1.165, 1.54) is 30.4 Å². The lowest BCUT2D eigenvalue weighted by molar-refractivity contribution is 0.261. The molecule has 1 unspecified atom stereocenters. The third-order valence-electron chi connectivity index (χ3n) is 3.52. The maximum absolute atomic E-state index is 5.68. The van der Waals surface area contributed by atoms with E-state index >= 15 is 0 Å². The Hall–Kier alpha value is -0.380. The third kappa shape index (κ3) is 2.65. The molecule has 1 aliphatic carbocycles. The van der Waals surface area contributed by atoms with Gasteiger partial charge in [0.2, 0.25) is 0 Å². The molecule has 2 rings (SSSR count). The van der Waals surface area contributed by atoms with E-state index in [9.17, 15) is 0 Å². The first-order valence-electron chi connectivity index (χ1n) is 5.93. The van der Waals surface area contributed by atoms with Crippen LogP contribution in [-0.4, -0.2) is 0 Å². The second kappa shape index (κ2) is 5.30. The van der Waals surface area contributed by atoms with Crippen molar-refractivity contribution in [3.63, 3.8) is 0 Å². The smallest absolute Gasteiger partial charge is 0.0473 e. The fourth-order valence-corrected chi connectivity index (χ4v) is 2.80. The highest BCUT2D eigenvalue weighted by Gasteiger charge is 2.23. The van der Waals surface area contributed by atoms with Gasteiger partial charge in [-0.2, -0.15) is 0 Å². The van der Waals surface area contributed by atoms with Crippen molar-refractivity contribution >= 4 is 15.9 Å². The fourth-order valence-electron chi connectivity index (χ4n) is 2.28. The topological polar surface area (TPSA) is 38.0 Å². The number of benzene rings is 1. The summed E-state index contributed by atoms with van der Waals surface area (Å²) < 4.78 is 1.15. The summed E-state index contributed by atoms with van der Waals surface area (Å²) >= 11 is 3.61. The van der Waals surface area contributed by atoms with Crippen molar-refractivity contribution in [2.45, 2.75) is 38.6 Å². The monoisotopic (exact) mass is 282 g/mol. The quantitative estimate of drug-likeness (QED) is 0.656. The molecule has 0 spiro atoms. The summed E-state index contributed by atoms with van der Waals surface area (Å²) in [4.78, 5) is 0. The van der Waals surface area contributed by atoms with Crippen molar-refractivity contribution in [2.24, 2.45) is 11.8 Å². The molecule has 0 aliphatic heterocycles. The van der Waals surface area contributed by atoms with E-state index in [0.29, 0.717) is 0 Å². The molecule has 0 amide bonds. The number of hydrogen-bond acceptors (Lipinski definition) is 2. The van der Waals surface area contributed by atoms with Gasteiger partial charge < -0.3 is 0 Å². The molecule has 3 N–H and O–H groups in total. The van der Waals surface area contributed by atoms with E-state index in [2.05, 4.69) is 46.5 Å². The highest BCUT2D eigenvalue weighted by molar-refractivity contribution is 9.10. The van der Waals surface area contributed by atoms with Crippen molar-refractivity contribution in [3.05, 3.63) is 33.8 Å². The van der Waals surface area contributed by atoms with Crippen LogP contribution in [0.15, 0.2) is 22.7 Å². The fraction of sp³-hybridized carbons (Fsp3) is 0.538. The Kier molecular flexibility index (Phi) is 4.00. The summed E-state index contributed by atoms with van der Waals surface area (Å²) in [7, 11) is 0. The number of rotatable bonds is 4. The van der Waals surface area contributed by atoms with Crippen molar-refractivity contribution < 1.29 is 0 Å². The van der Waals surface area contributed by atoms with Gasteiger partial charge in [-0.1, -0.05) is 52.9 Å². The van der Waals surface area contributed by atoms with Gasteiger partial charge in [-0.25, -0.2) is 0 Å². The summed E-state index contributed by atoms with van der Waals surface area (Å²) in [5.41, 5.74) is 5.53. The van der Waals surface area contributed by atoms with Crippen LogP contribution in [0.1, 0.15) is 42.9 Å². The predicted octanol–water partition coefficient (Wildman–Crippen LogP) is 3.45. The van der Waals surface area contributed by atoms with Crippen LogP contribution in [0.2, 0.25) is 0 Å². The Morgan fingerprint density at radius 1 is 1.50 bits per heavy atom. The van der Waals surface area contributed by atoms with Gasteiger partial charge in [0.15, 0.2) is 0 Å². The molecule has 0 saturated heterocycles. The van der Waals surface area contributed by atoms with Crippen molar-refractivity contribution in [1.29, 1.82) is 0 Å². The molecule has 1 fully saturated rings. The van der Waals surface area contributed by atoms with Gasteiger partial charge in [0.1, 0.15) is 0 Å². The molecule has 0 heterocycles. The Labute approximate surface area is 106 Å². The van der Waals surface area contributed by atoms with E-state index in [-0.39, 0.29) is 6.04 Å². The van der Waals surface area contributed by atoms with E-state index < -0.39 is 0 Å². The summed E-state index contributed by atoms with van der Waals surface area (Å²) in [5.74, 6) is 6.54. The molecule has 1 atom stereocenters. The number of aryl methyl sites for hydroxylation is 1. The first kappa shape index (κ1) is 12.1. The number of hydrogen-bond donors (Lipinski definition) is 2. The number of nitrogens with two attached hydrogens (primary N) is 1. The van der Waals surface area contributed by atoms with E-state index in [4.69, 9.17) is 5.84 Å².